The molecule has 0 aliphatic carbocycles. The van der Waals surface area contributed by atoms with Crippen LogP contribution >= 0.6 is 0 Å². The molecule has 10 heteroatoms. The lowest BCUT2D eigenvalue weighted by atomic mass is 9.89. The number of rotatable bonds is 9. The van der Waals surface area contributed by atoms with E-state index in [2.05, 4.69) is 33.1 Å². The number of alkyl halides is 4. The van der Waals surface area contributed by atoms with Crippen molar-refractivity contribution in [3.63, 3.8) is 0 Å². The van der Waals surface area contributed by atoms with Crippen molar-refractivity contribution >= 4 is 0 Å². The van der Waals surface area contributed by atoms with E-state index in [-0.39, 0.29) is 23.3 Å². The Morgan fingerprint density at radius 1 is 0.692 bits per heavy atom. The van der Waals surface area contributed by atoms with Crippen molar-refractivity contribution in [3.8, 4) is 11.5 Å². The molecule has 0 bridgehead atoms. The van der Waals surface area contributed by atoms with Crippen LogP contribution in [0.15, 0.2) is 36.4 Å². The second-order valence-electron chi connectivity index (χ2n) is 9.90. The Morgan fingerprint density at radius 2 is 1.10 bits per heavy atom. The molecule has 4 nitrogen and oxygen atoms in total. The molecule has 0 unspecified atom stereocenters. The van der Waals surface area contributed by atoms with Crippen molar-refractivity contribution in [1.29, 1.82) is 0 Å². The summed E-state index contributed by atoms with van der Waals surface area (Å²) in [7, 11) is 0. The average molecular weight is 561 g/mol. The van der Waals surface area contributed by atoms with Gasteiger partial charge in [-0.3, -0.25) is 0 Å². The second kappa shape index (κ2) is 15.4. The third kappa shape index (κ3) is 9.03. The van der Waals surface area contributed by atoms with Gasteiger partial charge in [0, 0.05) is 0 Å². The minimum Gasteiger partial charge on any atom is -0.432 e. The van der Waals surface area contributed by atoms with Gasteiger partial charge in [0.05, 0.1) is 0 Å². The number of nitrogens with zero attached hydrogens (tertiary/aromatic N) is 2. The maximum absolute atomic E-state index is 14.2. The van der Waals surface area contributed by atoms with Crippen LogP contribution in [0.3, 0.4) is 0 Å². The molecule has 0 amide bonds. The Labute approximate surface area is 226 Å². The molecular weight excluding hydrogens is 522 g/mol. The van der Waals surface area contributed by atoms with Gasteiger partial charge in [0.1, 0.15) is 0 Å². The summed E-state index contributed by atoms with van der Waals surface area (Å²) >= 11 is 0. The van der Waals surface area contributed by atoms with Gasteiger partial charge >= 0.3 is 13.2 Å². The van der Waals surface area contributed by atoms with Gasteiger partial charge in [-0.25, -0.2) is 8.78 Å². The molecule has 2 aromatic carbocycles. The zero-order chi connectivity index (χ0) is 28.4. The largest absolute Gasteiger partial charge is 0.432 e. The third-order valence-corrected chi connectivity index (χ3v) is 7.46. The molecule has 2 aliphatic heterocycles. The van der Waals surface area contributed by atoms with Crippen LogP contribution in [-0.2, 0) is 0 Å². The van der Waals surface area contributed by atoms with E-state index in [1.807, 2.05) is 0 Å². The minimum atomic E-state index is -2.99. The summed E-state index contributed by atoms with van der Waals surface area (Å²) in [5, 5.41) is 0. The normalized spacial score (nSPS) is 17.8. The standard InChI is InChI=1S/C15H20F3NO.C14H18F3NO/c1-2-8-19-9-6-11(7-10-19)12-4-3-5-13(14(12)16)20-15(17)18;1-2-18-8-6-10(7-9-18)11-4-3-5-12(13(11)15)19-14(16)17/h3-5,11,15H,2,6-10H2,1H3;3-5,10,14H,2,6-9H2,1H3. The van der Waals surface area contributed by atoms with Crippen LogP contribution < -0.4 is 9.47 Å². The molecule has 0 saturated carbocycles. The maximum Gasteiger partial charge on any atom is 0.387 e. The molecule has 0 aromatic heterocycles. The van der Waals surface area contributed by atoms with Gasteiger partial charge in [0.25, 0.3) is 0 Å². The van der Waals surface area contributed by atoms with Crippen LogP contribution in [0, 0.1) is 11.6 Å². The zero-order valence-electron chi connectivity index (χ0n) is 22.5. The Bertz CT molecular complexity index is 1010. The lowest BCUT2D eigenvalue weighted by molar-refractivity contribution is -0.0529. The van der Waals surface area contributed by atoms with E-state index in [4.69, 9.17) is 0 Å². The molecule has 2 heterocycles. The van der Waals surface area contributed by atoms with E-state index in [0.29, 0.717) is 11.1 Å². The van der Waals surface area contributed by atoms with Crippen molar-refractivity contribution in [2.75, 3.05) is 39.3 Å². The fourth-order valence-electron chi connectivity index (χ4n) is 5.40. The quantitative estimate of drug-likeness (QED) is 0.294. The number of likely N-dealkylation sites (tertiary alicyclic amines) is 2. The Morgan fingerprint density at radius 3 is 1.46 bits per heavy atom. The summed E-state index contributed by atoms with van der Waals surface area (Å²) in [5.41, 5.74) is 0.994. The Kier molecular flexibility index (Phi) is 12.2. The van der Waals surface area contributed by atoms with Crippen LogP contribution in [-0.4, -0.2) is 62.3 Å². The highest BCUT2D eigenvalue weighted by Crippen LogP contribution is 2.35. The summed E-state index contributed by atoms with van der Waals surface area (Å²) in [6, 6.07) is 8.98. The van der Waals surface area contributed by atoms with E-state index < -0.39 is 24.9 Å². The van der Waals surface area contributed by atoms with Crippen molar-refractivity contribution in [2.24, 2.45) is 0 Å². The number of halogens is 6. The van der Waals surface area contributed by atoms with Crippen LogP contribution in [0.1, 0.15) is 68.9 Å². The summed E-state index contributed by atoms with van der Waals surface area (Å²) in [6.07, 6.45) is 4.52. The van der Waals surface area contributed by atoms with Crippen molar-refractivity contribution in [3.05, 3.63) is 59.2 Å². The van der Waals surface area contributed by atoms with E-state index >= 15 is 0 Å². The van der Waals surface area contributed by atoms with Gasteiger partial charge in [-0.1, -0.05) is 38.1 Å². The average Bonchev–Trinajstić information content (AvgIpc) is 2.92. The predicted molar refractivity (Wildman–Crippen MR) is 139 cm³/mol. The molecule has 39 heavy (non-hydrogen) atoms. The van der Waals surface area contributed by atoms with E-state index in [1.165, 1.54) is 12.1 Å². The molecule has 0 radical (unpaired) electrons. The van der Waals surface area contributed by atoms with Crippen LogP contribution in [0.25, 0.3) is 0 Å². The fraction of sp³-hybridized carbons (Fsp3) is 0.586. The summed E-state index contributed by atoms with van der Waals surface area (Å²) < 4.78 is 85.5. The third-order valence-electron chi connectivity index (χ3n) is 7.46. The first-order valence-corrected chi connectivity index (χ1v) is 13.6. The van der Waals surface area contributed by atoms with Gasteiger partial charge in [-0.15, -0.1) is 0 Å². The highest BCUT2D eigenvalue weighted by molar-refractivity contribution is 5.34. The van der Waals surface area contributed by atoms with Crippen molar-refractivity contribution in [1.82, 2.24) is 9.80 Å². The first-order chi connectivity index (χ1) is 18.7. The highest BCUT2D eigenvalue weighted by Gasteiger charge is 2.25. The zero-order valence-corrected chi connectivity index (χ0v) is 22.5. The predicted octanol–water partition coefficient (Wildman–Crippen LogP) is 7.64. The second-order valence-corrected chi connectivity index (χ2v) is 9.90. The van der Waals surface area contributed by atoms with Crippen molar-refractivity contribution in [2.45, 2.75) is 71.0 Å². The van der Waals surface area contributed by atoms with E-state index in [1.54, 1.807) is 24.3 Å². The highest BCUT2D eigenvalue weighted by atomic mass is 19.3. The van der Waals surface area contributed by atoms with Gasteiger partial charge in [0.2, 0.25) is 0 Å². The molecule has 0 N–H and O–H groups in total. The lowest BCUT2D eigenvalue weighted by Crippen LogP contribution is -2.33. The lowest BCUT2D eigenvalue weighted by Gasteiger charge is -2.32. The topological polar surface area (TPSA) is 24.9 Å². The van der Waals surface area contributed by atoms with Gasteiger partial charge < -0.3 is 19.3 Å². The monoisotopic (exact) mass is 560 g/mol. The van der Waals surface area contributed by atoms with Crippen LogP contribution in [0.4, 0.5) is 26.3 Å². The maximum atomic E-state index is 14.2. The molecule has 2 saturated heterocycles. The smallest absolute Gasteiger partial charge is 0.387 e. The van der Waals surface area contributed by atoms with Crippen LogP contribution in [0.2, 0.25) is 0 Å². The summed E-state index contributed by atoms with van der Waals surface area (Å²) in [6.45, 7) is 3.98. The molecule has 2 fully saturated rings. The molecule has 0 atom stereocenters. The van der Waals surface area contributed by atoms with Crippen molar-refractivity contribution < 1.29 is 35.8 Å². The number of hydrogen-bond acceptors (Lipinski definition) is 4. The number of hydrogen-bond donors (Lipinski definition) is 0. The van der Waals surface area contributed by atoms with Crippen LogP contribution in [0.5, 0.6) is 11.5 Å². The number of benzene rings is 2. The molecule has 218 valence electrons. The SMILES string of the molecule is CCCN1CCC(c2cccc(OC(F)F)c2F)CC1.CCN1CCC(c2cccc(OC(F)F)c2F)CC1. The minimum absolute atomic E-state index is 0.0871. The van der Waals surface area contributed by atoms with Gasteiger partial charge in [0.15, 0.2) is 23.1 Å². The molecular formula is C29H38F6N2O2. The molecule has 2 aromatic rings. The molecule has 4 rings (SSSR count). The number of piperidine rings is 2. The van der Waals surface area contributed by atoms with E-state index in [9.17, 15) is 26.3 Å². The fourth-order valence-corrected chi connectivity index (χ4v) is 5.40. The Hall–Kier alpha value is -2.46. The van der Waals surface area contributed by atoms with E-state index in [0.717, 1.165) is 71.4 Å². The first-order valence-electron chi connectivity index (χ1n) is 13.6. The summed E-state index contributed by atoms with van der Waals surface area (Å²) in [5.74, 6) is -1.81. The Balaban J connectivity index is 0.000000216. The molecule has 2 aliphatic rings. The first kappa shape index (κ1) is 31.1. The number of ether oxygens (including phenoxy) is 2. The van der Waals surface area contributed by atoms with Gasteiger partial charge in [-0.2, -0.15) is 17.6 Å². The molecule has 0 spiro atoms. The summed E-state index contributed by atoms with van der Waals surface area (Å²) in [4.78, 5) is 4.65. The van der Waals surface area contributed by atoms with Gasteiger partial charge in [-0.05, 0) is 106 Å².